The summed E-state index contributed by atoms with van der Waals surface area (Å²) in [5.74, 6) is 1.84. The van der Waals surface area contributed by atoms with Gasteiger partial charge in [0.15, 0.2) is 0 Å². The number of rotatable bonds is 9. The smallest absolute Gasteiger partial charge is 0.128 e. The van der Waals surface area contributed by atoms with Crippen molar-refractivity contribution >= 4 is 0 Å². The van der Waals surface area contributed by atoms with Crippen LogP contribution in [0.3, 0.4) is 0 Å². The number of likely N-dealkylation sites (tertiary alicyclic amines) is 1. The minimum Gasteiger partial charge on any atom is -0.488 e. The second-order valence-corrected chi connectivity index (χ2v) is 12.3. The molecule has 212 valence electrons. The molecule has 3 aromatic carbocycles. The Bertz CT molecular complexity index is 1650. The van der Waals surface area contributed by atoms with E-state index in [1.54, 1.807) is 12.4 Å². The van der Waals surface area contributed by atoms with Gasteiger partial charge in [0.05, 0.1) is 5.56 Å². The third-order valence-corrected chi connectivity index (χ3v) is 9.53. The zero-order chi connectivity index (χ0) is 28.5. The molecule has 4 aromatic rings. The van der Waals surface area contributed by atoms with Crippen molar-refractivity contribution in [3.8, 4) is 28.7 Å². The van der Waals surface area contributed by atoms with Gasteiger partial charge in [-0.3, -0.25) is 9.88 Å². The zero-order valence-electron chi connectivity index (χ0n) is 24.4. The van der Waals surface area contributed by atoms with Gasteiger partial charge in [-0.2, -0.15) is 5.26 Å². The van der Waals surface area contributed by atoms with Crippen molar-refractivity contribution in [2.24, 2.45) is 5.41 Å². The highest BCUT2D eigenvalue weighted by atomic mass is 16.5. The van der Waals surface area contributed by atoms with E-state index >= 15 is 0 Å². The predicted molar refractivity (Wildman–Crippen MR) is 164 cm³/mol. The maximum atomic E-state index is 9.34. The van der Waals surface area contributed by atoms with Gasteiger partial charge in [-0.1, -0.05) is 48.5 Å². The lowest BCUT2D eigenvalue weighted by atomic mass is 9.97. The number of fused-ring (bicyclic) bond motifs is 1. The van der Waals surface area contributed by atoms with Crippen molar-refractivity contribution in [1.82, 2.24) is 9.88 Å². The fourth-order valence-electron chi connectivity index (χ4n) is 6.91. The van der Waals surface area contributed by atoms with Crippen LogP contribution in [0, 0.1) is 23.7 Å². The van der Waals surface area contributed by atoms with Crippen molar-refractivity contribution in [1.29, 1.82) is 5.26 Å². The number of nitrogens with zero attached hydrogens (tertiary/aromatic N) is 3. The third kappa shape index (κ3) is 5.40. The highest BCUT2D eigenvalue weighted by Gasteiger charge is 2.47. The summed E-state index contributed by atoms with van der Waals surface area (Å²) < 4.78 is 13.2. The molecule has 7 rings (SSSR count). The van der Waals surface area contributed by atoms with Gasteiger partial charge in [-0.05, 0) is 96.9 Å². The van der Waals surface area contributed by atoms with Gasteiger partial charge < -0.3 is 9.47 Å². The first-order valence-electron chi connectivity index (χ1n) is 15.2. The number of ether oxygens (including phenoxy) is 2. The van der Waals surface area contributed by atoms with Crippen molar-refractivity contribution in [2.45, 2.75) is 65.2 Å². The summed E-state index contributed by atoms with van der Waals surface area (Å²) in [4.78, 5) is 6.87. The van der Waals surface area contributed by atoms with Crippen LogP contribution in [0.1, 0.15) is 64.6 Å². The average molecular weight is 556 g/mol. The summed E-state index contributed by atoms with van der Waals surface area (Å²) in [5.41, 5.74) is 11.0. The third-order valence-electron chi connectivity index (χ3n) is 9.53. The Morgan fingerprint density at radius 2 is 1.74 bits per heavy atom. The standard InChI is InChI=1S/C37H37N3O2/c1-26-30(9-5-10-31(26)29-7-3-2-4-8-29)24-42-35-18-36(41-23-28-17-27(19-38)20-39-21-28)34(32-11-6-12-33(32)35)22-40-16-15-37(25-40)13-14-37/h2-5,7-10,17-18,20-21H,6,11-16,22-25H2,1H3. The molecule has 0 N–H and O–H groups in total. The van der Waals surface area contributed by atoms with Crippen molar-refractivity contribution in [2.75, 3.05) is 13.1 Å². The summed E-state index contributed by atoms with van der Waals surface area (Å²) in [6.07, 6.45) is 10.7. The van der Waals surface area contributed by atoms with E-state index in [1.165, 1.54) is 64.8 Å². The number of nitriles is 1. The van der Waals surface area contributed by atoms with Crippen LogP contribution >= 0.6 is 0 Å². The highest BCUT2D eigenvalue weighted by Crippen LogP contribution is 2.53. The number of hydrogen-bond acceptors (Lipinski definition) is 5. The molecule has 0 radical (unpaired) electrons. The zero-order valence-corrected chi connectivity index (χ0v) is 24.4. The Morgan fingerprint density at radius 3 is 2.55 bits per heavy atom. The molecule has 1 saturated carbocycles. The van der Waals surface area contributed by atoms with Crippen LogP contribution < -0.4 is 9.47 Å². The molecular weight excluding hydrogens is 518 g/mol. The second-order valence-electron chi connectivity index (χ2n) is 12.3. The summed E-state index contributed by atoms with van der Waals surface area (Å²) in [5, 5.41) is 9.34. The minimum absolute atomic E-state index is 0.371. The van der Waals surface area contributed by atoms with E-state index in [0.717, 1.165) is 49.4 Å². The second kappa shape index (κ2) is 11.3. The van der Waals surface area contributed by atoms with E-state index < -0.39 is 0 Å². The van der Waals surface area contributed by atoms with E-state index in [0.29, 0.717) is 24.2 Å². The van der Waals surface area contributed by atoms with Crippen LogP contribution in [0.2, 0.25) is 0 Å². The topological polar surface area (TPSA) is 58.4 Å². The lowest BCUT2D eigenvalue weighted by Crippen LogP contribution is -2.22. The van der Waals surface area contributed by atoms with Gasteiger partial charge in [0.2, 0.25) is 0 Å². The molecule has 0 amide bonds. The predicted octanol–water partition coefficient (Wildman–Crippen LogP) is 7.56. The molecule has 0 unspecified atom stereocenters. The molecule has 5 nitrogen and oxygen atoms in total. The average Bonchev–Trinajstić information content (AvgIpc) is 3.40. The summed E-state index contributed by atoms with van der Waals surface area (Å²) >= 11 is 0. The molecule has 3 aliphatic rings. The minimum atomic E-state index is 0.371. The Balaban J connectivity index is 1.18. The first-order chi connectivity index (χ1) is 20.6. The lowest BCUT2D eigenvalue weighted by molar-refractivity contribution is 0.271. The van der Waals surface area contributed by atoms with Crippen LogP contribution in [-0.2, 0) is 32.6 Å². The van der Waals surface area contributed by atoms with Gasteiger partial charge in [-0.25, -0.2) is 0 Å². The van der Waals surface area contributed by atoms with Crippen LogP contribution in [0.5, 0.6) is 11.5 Å². The first-order valence-corrected chi connectivity index (χ1v) is 15.2. The van der Waals surface area contributed by atoms with Crippen molar-refractivity contribution in [3.05, 3.63) is 112 Å². The van der Waals surface area contributed by atoms with Crippen LogP contribution in [0.15, 0.2) is 73.1 Å². The molecule has 5 heteroatoms. The van der Waals surface area contributed by atoms with E-state index in [4.69, 9.17) is 9.47 Å². The lowest BCUT2D eigenvalue weighted by Gasteiger charge is -2.23. The molecular formula is C37H37N3O2. The van der Waals surface area contributed by atoms with E-state index in [-0.39, 0.29) is 0 Å². The molecule has 0 bridgehead atoms. The van der Waals surface area contributed by atoms with E-state index in [2.05, 4.69) is 77.5 Å². The molecule has 2 heterocycles. The highest BCUT2D eigenvalue weighted by molar-refractivity contribution is 5.68. The molecule has 2 fully saturated rings. The largest absolute Gasteiger partial charge is 0.488 e. The van der Waals surface area contributed by atoms with Crippen LogP contribution in [-0.4, -0.2) is 23.0 Å². The summed E-state index contributed by atoms with van der Waals surface area (Å²) in [6.45, 7) is 6.36. The van der Waals surface area contributed by atoms with Gasteiger partial charge in [-0.15, -0.1) is 0 Å². The summed E-state index contributed by atoms with van der Waals surface area (Å²) in [7, 11) is 0. The van der Waals surface area contributed by atoms with Gasteiger partial charge in [0.1, 0.15) is 30.8 Å². The number of benzene rings is 3. The Kier molecular flexibility index (Phi) is 7.17. The van der Waals surface area contributed by atoms with Crippen molar-refractivity contribution < 1.29 is 9.47 Å². The number of pyridine rings is 1. The van der Waals surface area contributed by atoms with Crippen molar-refractivity contribution in [3.63, 3.8) is 0 Å². The number of hydrogen-bond donors (Lipinski definition) is 0. The van der Waals surface area contributed by atoms with Gasteiger partial charge >= 0.3 is 0 Å². The Hall–Kier alpha value is -4.14. The van der Waals surface area contributed by atoms with Gasteiger partial charge in [0, 0.05) is 42.7 Å². The number of aromatic nitrogens is 1. The normalized spacial score (nSPS) is 16.8. The molecule has 1 aliphatic heterocycles. The Labute approximate surface area is 248 Å². The molecule has 2 aliphatic carbocycles. The quantitative estimate of drug-likeness (QED) is 0.213. The van der Waals surface area contributed by atoms with E-state index in [1.807, 2.05) is 6.07 Å². The fraction of sp³-hybridized carbons (Fsp3) is 0.351. The summed E-state index contributed by atoms with van der Waals surface area (Å²) in [6, 6.07) is 23.2. The molecule has 42 heavy (non-hydrogen) atoms. The van der Waals surface area contributed by atoms with E-state index in [9.17, 15) is 5.26 Å². The molecule has 1 saturated heterocycles. The molecule has 1 aromatic heterocycles. The molecule has 1 spiro atoms. The van der Waals surface area contributed by atoms with Gasteiger partial charge in [0.25, 0.3) is 0 Å². The maximum absolute atomic E-state index is 9.34. The fourth-order valence-corrected chi connectivity index (χ4v) is 6.91. The first kappa shape index (κ1) is 26.7. The molecule has 0 atom stereocenters. The SMILES string of the molecule is Cc1c(COc2cc(OCc3cncc(C#N)c3)c(CN3CCC4(CC4)C3)c3c2CCC3)cccc1-c1ccccc1. The monoisotopic (exact) mass is 555 g/mol. The maximum Gasteiger partial charge on any atom is 0.128 e. The van der Waals surface area contributed by atoms with Crippen LogP contribution in [0.4, 0.5) is 0 Å². The Morgan fingerprint density at radius 1 is 0.905 bits per heavy atom. The van der Waals surface area contributed by atoms with Crippen LogP contribution in [0.25, 0.3) is 11.1 Å².